The average Bonchev–Trinajstić information content (AvgIpc) is 2.64. The lowest BCUT2D eigenvalue weighted by Crippen LogP contribution is -2.25. The van der Waals surface area contributed by atoms with Gasteiger partial charge in [0.15, 0.2) is 11.6 Å². The molecule has 0 unspecified atom stereocenters. The number of pyridine rings is 1. The minimum absolute atomic E-state index is 0.0754. The molecule has 5 heteroatoms. The maximum atomic E-state index is 13.0. The molecule has 0 aliphatic heterocycles. The lowest BCUT2D eigenvalue weighted by Gasteiger charge is -2.12. The normalized spacial score (nSPS) is 10.6. The Hall–Kier alpha value is -3.47. The molecule has 0 saturated carbocycles. The number of carbonyl (C=O) groups excluding carboxylic acids is 2. The summed E-state index contributed by atoms with van der Waals surface area (Å²) >= 11 is 0. The Kier molecular flexibility index (Phi) is 4.77. The van der Waals surface area contributed by atoms with E-state index in [2.05, 4.69) is 0 Å². The van der Waals surface area contributed by atoms with Crippen molar-refractivity contribution in [3.63, 3.8) is 0 Å². The van der Waals surface area contributed by atoms with Gasteiger partial charge in [0.25, 0.3) is 5.56 Å². The highest BCUT2D eigenvalue weighted by Gasteiger charge is 2.19. The molecule has 2 aromatic carbocycles. The first-order valence-corrected chi connectivity index (χ1v) is 8.47. The molecule has 0 spiro atoms. The summed E-state index contributed by atoms with van der Waals surface area (Å²) < 4.78 is 1.29. The van der Waals surface area contributed by atoms with Crippen LogP contribution < -0.4 is 5.56 Å². The van der Waals surface area contributed by atoms with Crippen molar-refractivity contribution in [2.75, 3.05) is 0 Å². The van der Waals surface area contributed by atoms with Crippen LogP contribution in [0.25, 0.3) is 5.69 Å². The molecule has 3 aromatic rings. The molecular formula is C22H19NO4. The second-order valence-corrected chi connectivity index (χ2v) is 6.56. The highest BCUT2D eigenvalue weighted by Crippen LogP contribution is 2.22. The van der Waals surface area contributed by atoms with Gasteiger partial charge in [-0.05, 0) is 51.1 Å². The van der Waals surface area contributed by atoms with E-state index in [9.17, 15) is 19.5 Å². The number of phenols is 1. The number of nitrogens with zero attached hydrogens (tertiary/aromatic N) is 1. The maximum absolute atomic E-state index is 13.0. The van der Waals surface area contributed by atoms with Crippen molar-refractivity contribution in [3.8, 4) is 11.4 Å². The van der Waals surface area contributed by atoms with Crippen LogP contribution in [0.5, 0.6) is 5.75 Å². The predicted molar refractivity (Wildman–Crippen MR) is 103 cm³/mol. The van der Waals surface area contributed by atoms with Gasteiger partial charge in [-0.3, -0.25) is 19.0 Å². The first-order valence-electron chi connectivity index (χ1n) is 8.47. The van der Waals surface area contributed by atoms with Crippen molar-refractivity contribution in [1.29, 1.82) is 0 Å². The molecular weight excluding hydrogens is 342 g/mol. The van der Waals surface area contributed by atoms with Crippen molar-refractivity contribution in [3.05, 3.63) is 92.9 Å². The zero-order chi connectivity index (χ0) is 19.7. The molecule has 136 valence electrons. The van der Waals surface area contributed by atoms with Crippen LogP contribution in [0.15, 0.2) is 59.5 Å². The van der Waals surface area contributed by atoms with Crippen molar-refractivity contribution in [1.82, 2.24) is 4.57 Å². The van der Waals surface area contributed by atoms with Gasteiger partial charge in [0.1, 0.15) is 5.75 Å². The fourth-order valence-corrected chi connectivity index (χ4v) is 2.84. The fraction of sp³-hybridized carbons (Fsp3) is 0.136. The Balaban J connectivity index is 2.23. The van der Waals surface area contributed by atoms with E-state index in [-0.39, 0.29) is 22.4 Å². The number of aromatic nitrogens is 1. The number of aryl methyl sites for hydroxylation is 2. The van der Waals surface area contributed by atoms with E-state index < -0.39 is 17.1 Å². The molecule has 0 aliphatic carbocycles. The Bertz CT molecular complexity index is 1110. The topological polar surface area (TPSA) is 76.4 Å². The molecule has 0 fully saturated rings. The number of ketones is 2. The van der Waals surface area contributed by atoms with Crippen molar-refractivity contribution in [2.45, 2.75) is 20.8 Å². The van der Waals surface area contributed by atoms with Gasteiger partial charge < -0.3 is 5.11 Å². The summed E-state index contributed by atoms with van der Waals surface area (Å²) in [5, 5.41) is 10.1. The van der Waals surface area contributed by atoms with Crippen LogP contribution in [0, 0.1) is 13.8 Å². The largest absolute Gasteiger partial charge is 0.507 e. The van der Waals surface area contributed by atoms with E-state index in [1.807, 2.05) is 26.0 Å². The van der Waals surface area contributed by atoms with E-state index >= 15 is 0 Å². The van der Waals surface area contributed by atoms with Gasteiger partial charge in [-0.1, -0.05) is 29.3 Å². The predicted octanol–water partition coefficient (Wildman–Crippen LogP) is 3.59. The smallest absolute Gasteiger partial charge is 0.265 e. The highest BCUT2D eigenvalue weighted by atomic mass is 16.3. The van der Waals surface area contributed by atoms with E-state index in [0.717, 1.165) is 11.1 Å². The summed E-state index contributed by atoms with van der Waals surface area (Å²) in [7, 11) is 0. The van der Waals surface area contributed by atoms with Crippen LogP contribution in [-0.2, 0) is 0 Å². The van der Waals surface area contributed by atoms with Crippen LogP contribution in [0.2, 0.25) is 0 Å². The zero-order valence-corrected chi connectivity index (χ0v) is 15.3. The van der Waals surface area contributed by atoms with Gasteiger partial charge in [-0.25, -0.2) is 0 Å². The third-order valence-corrected chi connectivity index (χ3v) is 4.37. The molecule has 27 heavy (non-hydrogen) atoms. The minimum atomic E-state index is -0.489. The van der Waals surface area contributed by atoms with Crippen molar-refractivity contribution >= 4 is 11.6 Å². The number of carbonyl (C=O) groups is 2. The third kappa shape index (κ3) is 3.58. The van der Waals surface area contributed by atoms with Crippen LogP contribution in [0.3, 0.4) is 0 Å². The molecule has 0 bridgehead atoms. The van der Waals surface area contributed by atoms with E-state index in [1.54, 1.807) is 24.3 Å². The van der Waals surface area contributed by atoms with Gasteiger partial charge >= 0.3 is 0 Å². The second-order valence-electron chi connectivity index (χ2n) is 6.56. The van der Waals surface area contributed by atoms with Gasteiger partial charge in [-0.2, -0.15) is 0 Å². The quantitative estimate of drug-likeness (QED) is 0.721. The van der Waals surface area contributed by atoms with Gasteiger partial charge in [0.05, 0.1) is 11.1 Å². The Morgan fingerprint density at radius 1 is 0.889 bits per heavy atom. The van der Waals surface area contributed by atoms with Crippen LogP contribution in [0.4, 0.5) is 0 Å². The lowest BCUT2D eigenvalue weighted by molar-refractivity contribution is 0.101. The average molecular weight is 361 g/mol. The second kappa shape index (κ2) is 7.03. The lowest BCUT2D eigenvalue weighted by atomic mass is 10.00. The number of Topliss-reactive ketones (excluding diaryl/α,β-unsaturated/α-hetero) is 1. The molecule has 0 saturated heterocycles. The molecule has 1 N–H and O–H groups in total. The highest BCUT2D eigenvalue weighted by molar-refractivity contribution is 6.11. The number of hydrogen-bond acceptors (Lipinski definition) is 4. The summed E-state index contributed by atoms with van der Waals surface area (Å²) in [6.07, 6.45) is 1.41. The molecule has 0 atom stereocenters. The van der Waals surface area contributed by atoms with E-state index in [1.165, 1.54) is 29.8 Å². The Morgan fingerprint density at radius 2 is 1.52 bits per heavy atom. The molecule has 5 nitrogen and oxygen atoms in total. The number of hydrogen-bond donors (Lipinski definition) is 1. The molecule has 0 amide bonds. The Labute approximate surface area is 156 Å². The molecule has 0 radical (unpaired) electrons. The summed E-state index contributed by atoms with van der Waals surface area (Å²) in [5.41, 5.74) is 2.10. The molecule has 3 rings (SSSR count). The van der Waals surface area contributed by atoms with Gasteiger partial charge in [0, 0.05) is 17.4 Å². The number of phenolic OH excluding ortho intramolecular Hbond substituents is 1. The van der Waals surface area contributed by atoms with Crippen molar-refractivity contribution in [2.24, 2.45) is 0 Å². The van der Waals surface area contributed by atoms with Gasteiger partial charge in [0.2, 0.25) is 0 Å². The number of benzene rings is 2. The van der Waals surface area contributed by atoms with E-state index in [0.29, 0.717) is 5.69 Å². The summed E-state index contributed by atoms with van der Waals surface area (Å²) in [4.78, 5) is 37.6. The molecule has 1 aromatic heterocycles. The monoisotopic (exact) mass is 361 g/mol. The molecule has 1 heterocycles. The number of aromatic hydroxyl groups is 1. The van der Waals surface area contributed by atoms with Gasteiger partial charge in [-0.15, -0.1) is 0 Å². The minimum Gasteiger partial charge on any atom is -0.507 e. The standard InChI is InChI=1S/C22H19NO4/c1-13-4-7-17(8-5-13)23-12-16(11-18(15(3)24)22(23)27)21(26)19-10-14(2)6-9-20(19)25/h4-12,25H,1-3H3. The first-order chi connectivity index (χ1) is 12.8. The van der Waals surface area contributed by atoms with Crippen LogP contribution >= 0.6 is 0 Å². The zero-order valence-electron chi connectivity index (χ0n) is 15.3. The summed E-state index contributed by atoms with van der Waals surface area (Å²) in [6.45, 7) is 5.02. The first kappa shape index (κ1) is 18.3. The molecule has 0 aliphatic rings. The number of rotatable bonds is 4. The Morgan fingerprint density at radius 3 is 2.15 bits per heavy atom. The third-order valence-electron chi connectivity index (χ3n) is 4.37. The summed E-state index contributed by atoms with van der Waals surface area (Å²) in [5.74, 6) is -1.04. The van der Waals surface area contributed by atoms with Crippen LogP contribution in [-0.4, -0.2) is 21.2 Å². The van der Waals surface area contributed by atoms with Crippen molar-refractivity contribution < 1.29 is 14.7 Å². The van der Waals surface area contributed by atoms with Crippen LogP contribution in [0.1, 0.15) is 44.3 Å². The SMILES string of the molecule is CC(=O)c1cc(C(=O)c2cc(C)ccc2O)cn(-c2ccc(C)cc2)c1=O. The fourth-order valence-electron chi connectivity index (χ4n) is 2.84. The maximum Gasteiger partial charge on any atom is 0.265 e. The van der Waals surface area contributed by atoms with E-state index in [4.69, 9.17) is 0 Å². The summed E-state index contributed by atoms with van der Waals surface area (Å²) in [6, 6.07) is 13.2.